The van der Waals surface area contributed by atoms with Crippen LogP contribution in [-0.2, 0) is 19.1 Å². The lowest BCUT2D eigenvalue weighted by atomic mass is 10.1. The summed E-state index contributed by atoms with van der Waals surface area (Å²) in [6.45, 7) is 2.35. The molecule has 30 heavy (non-hydrogen) atoms. The van der Waals surface area contributed by atoms with Crippen molar-refractivity contribution >= 4 is 35.1 Å². The highest BCUT2D eigenvalue weighted by molar-refractivity contribution is 6.03. The van der Waals surface area contributed by atoms with Crippen LogP contribution < -0.4 is 16.0 Å². The number of nitrogens with one attached hydrogen (secondary N) is 1. The molecule has 3 N–H and O–H groups in total. The van der Waals surface area contributed by atoms with Gasteiger partial charge in [0.1, 0.15) is 5.82 Å². The number of rotatable bonds is 8. The molecule has 0 spiro atoms. The van der Waals surface area contributed by atoms with Crippen LogP contribution in [0.3, 0.4) is 0 Å². The van der Waals surface area contributed by atoms with Crippen LogP contribution in [0.4, 0.5) is 15.8 Å². The average molecular weight is 415 g/mol. The molecule has 158 valence electrons. The SMILES string of the molecule is CC(=O)Nc1c(C)cccc1C(=O)OCC(=O)N(CCC(N)=O)c1ccc(F)cc1. The summed E-state index contributed by atoms with van der Waals surface area (Å²) in [4.78, 5) is 48.9. The van der Waals surface area contributed by atoms with Crippen molar-refractivity contribution in [3.8, 4) is 0 Å². The second-order valence-electron chi connectivity index (χ2n) is 6.49. The predicted octanol–water partition coefficient (Wildman–Crippen LogP) is 2.16. The van der Waals surface area contributed by atoms with Crippen LogP contribution >= 0.6 is 0 Å². The van der Waals surface area contributed by atoms with Crippen molar-refractivity contribution in [2.75, 3.05) is 23.4 Å². The fourth-order valence-corrected chi connectivity index (χ4v) is 2.70. The summed E-state index contributed by atoms with van der Waals surface area (Å²) in [7, 11) is 0. The first-order valence-electron chi connectivity index (χ1n) is 9.07. The Labute approximate surface area is 172 Å². The van der Waals surface area contributed by atoms with Crippen molar-refractivity contribution in [3.05, 3.63) is 59.4 Å². The van der Waals surface area contributed by atoms with E-state index in [0.29, 0.717) is 16.9 Å². The number of ether oxygens (including phenoxy) is 1. The van der Waals surface area contributed by atoms with E-state index in [4.69, 9.17) is 10.5 Å². The third-order valence-corrected chi connectivity index (χ3v) is 4.14. The number of primary amides is 1. The summed E-state index contributed by atoms with van der Waals surface area (Å²) in [6.07, 6.45) is -0.123. The zero-order valence-corrected chi connectivity index (χ0v) is 16.6. The van der Waals surface area contributed by atoms with E-state index in [1.54, 1.807) is 19.1 Å². The van der Waals surface area contributed by atoms with Crippen LogP contribution in [-0.4, -0.2) is 36.8 Å². The predicted molar refractivity (Wildman–Crippen MR) is 108 cm³/mol. The van der Waals surface area contributed by atoms with Gasteiger partial charge in [-0.15, -0.1) is 0 Å². The fraction of sp³-hybridized carbons (Fsp3) is 0.238. The molecular weight excluding hydrogens is 393 g/mol. The summed E-state index contributed by atoms with van der Waals surface area (Å²) in [5.74, 6) is -2.89. The summed E-state index contributed by atoms with van der Waals surface area (Å²) >= 11 is 0. The fourth-order valence-electron chi connectivity index (χ4n) is 2.70. The maximum atomic E-state index is 13.2. The number of hydrogen-bond donors (Lipinski definition) is 2. The molecule has 2 aromatic carbocycles. The molecule has 9 heteroatoms. The van der Waals surface area contributed by atoms with Gasteiger partial charge in [-0.2, -0.15) is 0 Å². The van der Waals surface area contributed by atoms with Crippen molar-refractivity contribution in [1.82, 2.24) is 0 Å². The van der Waals surface area contributed by atoms with Gasteiger partial charge in [-0.05, 0) is 42.8 Å². The number of anilines is 2. The molecule has 0 aliphatic rings. The van der Waals surface area contributed by atoms with Gasteiger partial charge in [0.05, 0.1) is 11.3 Å². The van der Waals surface area contributed by atoms with E-state index in [1.165, 1.54) is 42.2 Å². The molecule has 2 aromatic rings. The largest absolute Gasteiger partial charge is 0.452 e. The standard InChI is InChI=1S/C21H22FN3O5/c1-13-4-3-5-17(20(13)24-14(2)26)21(29)30-12-19(28)25(11-10-18(23)27)16-8-6-15(22)7-9-16/h3-9H,10-12H2,1-2H3,(H2,23,27)(H,24,26). The van der Waals surface area contributed by atoms with Gasteiger partial charge in [0.15, 0.2) is 6.61 Å². The van der Waals surface area contributed by atoms with Crippen molar-refractivity contribution in [1.29, 1.82) is 0 Å². The molecule has 0 radical (unpaired) electrons. The normalized spacial score (nSPS) is 10.2. The summed E-state index contributed by atoms with van der Waals surface area (Å²) in [5.41, 5.74) is 6.53. The minimum atomic E-state index is -0.801. The first-order chi connectivity index (χ1) is 14.2. The molecule has 0 unspecified atom stereocenters. The Morgan fingerprint density at radius 1 is 1.10 bits per heavy atom. The number of hydrogen-bond acceptors (Lipinski definition) is 5. The molecule has 0 aliphatic heterocycles. The Kier molecular flexibility index (Phi) is 7.62. The number of para-hydroxylation sites is 1. The zero-order valence-electron chi connectivity index (χ0n) is 16.6. The molecule has 0 saturated carbocycles. The Morgan fingerprint density at radius 2 is 1.77 bits per heavy atom. The van der Waals surface area contributed by atoms with E-state index >= 15 is 0 Å². The maximum absolute atomic E-state index is 13.2. The number of aryl methyl sites for hydroxylation is 1. The summed E-state index contributed by atoms with van der Waals surface area (Å²) < 4.78 is 18.3. The summed E-state index contributed by atoms with van der Waals surface area (Å²) in [6, 6.07) is 9.87. The number of carbonyl (C=O) groups excluding carboxylic acids is 4. The van der Waals surface area contributed by atoms with Crippen LogP contribution in [0.1, 0.15) is 29.3 Å². The molecule has 0 saturated heterocycles. The number of benzene rings is 2. The second kappa shape index (κ2) is 10.1. The lowest BCUT2D eigenvalue weighted by Crippen LogP contribution is -2.37. The van der Waals surface area contributed by atoms with Gasteiger partial charge in [0, 0.05) is 25.6 Å². The highest BCUT2D eigenvalue weighted by Gasteiger charge is 2.21. The first kappa shape index (κ1) is 22.5. The number of nitrogens with zero attached hydrogens (tertiary/aromatic N) is 1. The second-order valence-corrected chi connectivity index (χ2v) is 6.49. The quantitative estimate of drug-likeness (QED) is 0.641. The molecule has 2 rings (SSSR count). The molecule has 0 heterocycles. The van der Waals surface area contributed by atoms with E-state index < -0.39 is 30.2 Å². The lowest BCUT2D eigenvalue weighted by Gasteiger charge is -2.22. The van der Waals surface area contributed by atoms with Gasteiger partial charge in [-0.1, -0.05) is 12.1 Å². The van der Waals surface area contributed by atoms with Crippen LogP contribution in [0, 0.1) is 12.7 Å². The lowest BCUT2D eigenvalue weighted by molar-refractivity contribution is -0.122. The minimum Gasteiger partial charge on any atom is -0.452 e. The van der Waals surface area contributed by atoms with Gasteiger partial charge >= 0.3 is 5.97 Å². The molecule has 0 fully saturated rings. The van der Waals surface area contributed by atoms with Gasteiger partial charge in [-0.3, -0.25) is 14.4 Å². The van der Waals surface area contributed by atoms with E-state index in [2.05, 4.69) is 5.32 Å². The molecule has 8 nitrogen and oxygen atoms in total. The van der Waals surface area contributed by atoms with Crippen molar-refractivity contribution in [2.45, 2.75) is 20.3 Å². The van der Waals surface area contributed by atoms with E-state index in [9.17, 15) is 23.6 Å². The number of halogens is 1. The number of esters is 1. The third-order valence-electron chi connectivity index (χ3n) is 4.14. The number of nitrogens with two attached hydrogens (primary N) is 1. The molecule has 0 bridgehead atoms. The molecule has 3 amide bonds. The first-order valence-corrected chi connectivity index (χ1v) is 9.07. The Hall–Kier alpha value is -3.75. The van der Waals surface area contributed by atoms with Crippen molar-refractivity contribution in [2.24, 2.45) is 5.73 Å². The van der Waals surface area contributed by atoms with E-state index in [1.807, 2.05) is 0 Å². The van der Waals surface area contributed by atoms with E-state index in [0.717, 1.165) is 0 Å². The van der Waals surface area contributed by atoms with Crippen molar-refractivity contribution < 1.29 is 28.3 Å². The smallest absolute Gasteiger partial charge is 0.340 e. The van der Waals surface area contributed by atoms with Crippen LogP contribution in [0.25, 0.3) is 0 Å². The zero-order chi connectivity index (χ0) is 22.3. The average Bonchev–Trinajstić information content (AvgIpc) is 2.68. The Balaban J connectivity index is 2.15. The molecule has 0 aromatic heterocycles. The van der Waals surface area contributed by atoms with Gasteiger partial charge in [0.25, 0.3) is 5.91 Å². The third kappa shape index (κ3) is 6.13. The van der Waals surface area contributed by atoms with Gasteiger partial charge in [0.2, 0.25) is 11.8 Å². The molecular formula is C21H22FN3O5. The monoisotopic (exact) mass is 415 g/mol. The number of carbonyl (C=O) groups is 4. The molecule has 0 aliphatic carbocycles. The van der Waals surface area contributed by atoms with Crippen LogP contribution in [0.15, 0.2) is 42.5 Å². The minimum absolute atomic E-state index is 0.0566. The highest BCUT2D eigenvalue weighted by Crippen LogP contribution is 2.22. The topological polar surface area (TPSA) is 119 Å². The summed E-state index contributed by atoms with van der Waals surface area (Å²) in [5, 5.41) is 2.57. The Bertz CT molecular complexity index is 960. The van der Waals surface area contributed by atoms with Gasteiger partial charge < -0.3 is 20.7 Å². The van der Waals surface area contributed by atoms with Crippen LogP contribution in [0.5, 0.6) is 0 Å². The number of amides is 3. The molecule has 0 atom stereocenters. The van der Waals surface area contributed by atoms with E-state index in [-0.39, 0.29) is 24.4 Å². The van der Waals surface area contributed by atoms with Gasteiger partial charge in [-0.25, -0.2) is 9.18 Å². The van der Waals surface area contributed by atoms with Crippen molar-refractivity contribution in [3.63, 3.8) is 0 Å². The van der Waals surface area contributed by atoms with Crippen LogP contribution in [0.2, 0.25) is 0 Å². The Morgan fingerprint density at radius 3 is 2.37 bits per heavy atom. The maximum Gasteiger partial charge on any atom is 0.340 e. The highest BCUT2D eigenvalue weighted by atomic mass is 19.1.